The van der Waals surface area contributed by atoms with E-state index in [1.165, 1.54) is 0 Å². The van der Waals surface area contributed by atoms with Crippen molar-refractivity contribution < 1.29 is 29.0 Å². The first kappa shape index (κ1) is 37.6. The molecule has 5 heterocycles. The van der Waals surface area contributed by atoms with E-state index in [2.05, 4.69) is 54.1 Å². The fraction of sp³-hybridized carbons (Fsp3) is 0.341. The Morgan fingerprint density at radius 3 is 2.33 bits per heavy atom. The van der Waals surface area contributed by atoms with Gasteiger partial charge < -0.3 is 24.4 Å². The van der Waals surface area contributed by atoms with E-state index < -0.39 is 6.04 Å². The molecule has 0 spiro atoms. The Morgan fingerprint density at radius 1 is 0.825 bits per heavy atom. The molecule has 3 amide bonds. The maximum absolute atomic E-state index is 13.1. The van der Waals surface area contributed by atoms with Gasteiger partial charge in [0.15, 0.2) is 5.75 Å². The molecule has 0 saturated carbocycles. The molecule has 4 aromatic carbocycles. The molecule has 294 valence electrons. The molecular weight excluding hydrogens is 806 g/mol. The first-order valence-electron chi connectivity index (χ1n) is 19.7. The van der Waals surface area contributed by atoms with Gasteiger partial charge in [0.25, 0.3) is 5.91 Å². The van der Waals surface area contributed by atoms with Crippen LogP contribution in [-0.2, 0) is 16.1 Å². The molecule has 1 aromatic heterocycles. The van der Waals surface area contributed by atoms with Crippen molar-refractivity contribution in [1.29, 1.82) is 0 Å². The summed E-state index contributed by atoms with van der Waals surface area (Å²) >= 11 is 5.13. The van der Waals surface area contributed by atoms with Crippen molar-refractivity contribution in [3.05, 3.63) is 101 Å². The number of nitrogens with one attached hydrogen (secondary N) is 1. The second-order valence-corrected chi connectivity index (χ2v) is 17.2. The monoisotopic (exact) mass is 849 g/mol. The Balaban J connectivity index is 0.725. The second kappa shape index (κ2) is 16.1. The number of benzene rings is 4. The number of ether oxygens (including phenoxy) is 2. The number of halogens is 1. The number of carbonyl (C=O) groups is 3. The number of anilines is 1. The van der Waals surface area contributed by atoms with Crippen molar-refractivity contribution in [2.75, 3.05) is 57.3 Å². The van der Waals surface area contributed by atoms with Gasteiger partial charge in [0.1, 0.15) is 29.9 Å². The summed E-state index contributed by atoms with van der Waals surface area (Å²) in [5.41, 5.74) is 3.77. The molecule has 0 radical (unpaired) electrons. The number of hydrogen-bond acceptors (Lipinski definition) is 10. The summed E-state index contributed by atoms with van der Waals surface area (Å²) in [4.78, 5) is 47.4. The molecule has 3 fully saturated rings. The Bertz CT molecular complexity index is 2300. The molecule has 0 bridgehead atoms. The fourth-order valence-electron chi connectivity index (χ4n) is 8.58. The minimum absolute atomic E-state index is 0.131. The highest BCUT2D eigenvalue weighted by atomic mass is 79.9. The van der Waals surface area contributed by atoms with Crippen LogP contribution in [0, 0.1) is 0 Å². The predicted octanol–water partition coefficient (Wildman–Crippen LogP) is 7.26. The van der Waals surface area contributed by atoms with Crippen LogP contribution in [0.3, 0.4) is 0 Å². The van der Waals surface area contributed by atoms with Gasteiger partial charge in [-0.05, 0) is 116 Å². The number of imide groups is 1. The van der Waals surface area contributed by atoms with Crippen LogP contribution in [0.2, 0.25) is 0 Å². The molecule has 11 nitrogen and oxygen atoms in total. The van der Waals surface area contributed by atoms with Gasteiger partial charge in [-0.2, -0.15) is 0 Å². The standard InChI is InChI=1S/C44H44BrN5O6S/c45-30-3-1-28(2-4-30)42-41(37-12-6-33(51)26-39(37)57-42)56-35-9-7-34(8-10-35)55-24-23-47-17-15-31(16-18-47)48-19-21-49(22-20-48)32-5-11-36-29(25-32)27-50(44(36)54)38-13-14-40(52)46-43(38)53/h1-12,25-26,31,38,51H,13-24,27H2,(H,46,52,53). The van der Waals surface area contributed by atoms with Crippen LogP contribution in [0.1, 0.15) is 41.6 Å². The highest BCUT2D eigenvalue weighted by molar-refractivity contribution is 9.10. The number of nitrogens with zero attached hydrogens (tertiary/aromatic N) is 4. The Morgan fingerprint density at radius 2 is 1.58 bits per heavy atom. The third-order valence-corrected chi connectivity index (χ3v) is 13.4. The van der Waals surface area contributed by atoms with Crippen molar-refractivity contribution in [3.8, 4) is 33.4 Å². The maximum atomic E-state index is 13.1. The summed E-state index contributed by atoms with van der Waals surface area (Å²) in [6.45, 7) is 7.87. The zero-order chi connectivity index (χ0) is 39.0. The summed E-state index contributed by atoms with van der Waals surface area (Å²) in [7, 11) is 0. The van der Waals surface area contributed by atoms with E-state index in [1.54, 1.807) is 28.4 Å². The molecule has 1 unspecified atom stereocenters. The van der Waals surface area contributed by atoms with E-state index in [1.807, 2.05) is 54.6 Å². The lowest BCUT2D eigenvalue weighted by Gasteiger charge is -2.43. The average Bonchev–Trinajstić information content (AvgIpc) is 3.74. The number of piperazine rings is 1. The second-order valence-electron chi connectivity index (χ2n) is 15.2. The van der Waals surface area contributed by atoms with Gasteiger partial charge in [0.05, 0.1) is 4.88 Å². The molecule has 13 heteroatoms. The van der Waals surface area contributed by atoms with Crippen LogP contribution in [-0.4, -0.2) is 102 Å². The van der Waals surface area contributed by atoms with E-state index >= 15 is 0 Å². The van der Waals surface area contributed by atoms with Crippen molar-refractivity contribution >= 4 is 60.8 Å². The number of rotatable bonds is 10. The quantitative estimate of drug-likeness (QED) is 0.140. The van der Waals surface area contributed by atoms with E-state index in [0.29, 0.717) is 31.2 Å². The zero-order valence-electron chi connectivity index (χ0n) is 31.5. The normalized spacial score (nSPS) is 19.6. The smallest absolute Gasteiger partial charge is 0.255 e. The van der Waals surface area contributed by atoms with Crippen molar-refractivity contribution in [1.82, 2.24) is 20.0 Å². The number of carbonyl (C=O) groups excluding carboxylic acids is 3. The number of amides is 3. The summed E-state index contributed by atoms with van der Waals surface area (Å²) in [6, 6.07) is 27.4. The minimum atomic E-state index is -0.595. The molecule has 5 aromatic rings. The van der Waals surface area contributed by atoms with Gasteiger partial charge in [-0.15, -0.1) is 11.3 Å². The average molecular weight is 851 g/mol. The Labute approximate surface area is 343 Å². The zero-order valence-corrected chi connectivity index (χ0v) is 33.9. The fourth-order valence-corrected chi connectivity index (χ4v) is 10.0. The molecular formula is C44H44BrN5O6S. The summed E-state index contributed by atoms with van der Waals surface area (Å²) < 4.78 is 14.6. The Hall–Kier alpha value is -4.95. The van der Waals surface area contributed by atoms with Gasteiger partial charge in [-0.3, -0.25) is 29.5 Å². The van der Waals surface area contributed by atoms with Gasteiger partial charge in [0, 0.05) is 77.5 Å². The number of phenols is 1. The molecule has 1 atom stereocenters. The maximum Gasteiger partial charge on any atom is 0.255 e. The lowest BCUT2D eigenvalue weighted by atomic mass is 10.0. The molecule has 9 rings (SSSR count). The van der Waals surface area contributed by atoms with E-state index in [-0.39, 0.29) is 29.9 Å². The lowest BCUT2D eigenvalue weighted by Crippen LogP contribution is -2.53. The highest BCUT2D eigenvalue weighted by Gasteiger charge is 2.39. The number of thiophene rings is 1. The summed E-state index contributed by atoms with van der Waals surface area (Å²) in [5.74, 6) is 1.75. The van der Waals surface area contributed by atoms with Crippen LogP contribution in [0.5, 0.6) is 23.0 Å². The third-order valence-electron chi connectivity index (χ3n) is 11.7. The Kier molecular flexibility index (Phi) is 10.6. The number of hydrogen-bond donors (Lipinski definition) is 2. The third kappa shape index (κ3) is 7.98. The number of piperidine rings is 2. The van der Waals surface area contributed by atoms with Gasteiger partial charge in [0.2, 0.25) is 11.8 Å². The molecule has 4 aliphatic rings. The molecule has 4 aliphatic heterocycles. The molecule has 2 N–H and O–H groups in total. The molecule has 0 aliphatic carbocycles. The first-order chi connectivity index (χ1) is 27.8. The van der Waals surface area contributed by atoms with Crippen LogP contribution in [0.4, 0.5) is 5.69 Å². The highest BCUT2D eigenvalue weighted by Crippen LogP contribution is 2.47. The van der Waals surface area contributed by atoms with Crippen molar-refractivity contribution in [2.24, 2.45) is 0 Å². The van der Waals surface area contributed by atoms with Crippen molar-refractivity contribution in [3.63, 3.8) is 0 Å². The molecule has 57 heavy (non-hydrogen) atoms. The van der Waals surface area contributed by atoms with Gasteiger partial charge >= 0.3 is 0 Å². The van der Waals surface area contributed by atoms with Crippen LogP contribution < -0.4 is 19.7 Å². The number of aromatic hydroxyl groups is 1. The minimum Gasteiger partial charge on any atom is -0.508 e. The summed E-state index contributed by atoms with van der Waals surface area (Å²) in [6.07, 6.45) is 2.91. The van der Waals surface area contributed by atoms with Crippen molar-refractivity contribution in [2.45, 2.75) is 44.3 Å². The first-order valence-corrected chi connectivity index (χ1v) is 21.3. The SMILES string of the molecule is O=C1CCC(N2Cc3cc(N4CCN(C5CCN(CCOc6ccc(Oc7c(-c8ccc(Br)cc8)sc8cc(O)ccc78)cc6)CC5)CC4)ccc3C2=O)C(=O)N1. The van der Waals surface area contributed by atoms with E-state index in [4.69, 9.17) is 9.47 Å². The van der Waals surface area contributed by atoms with Crippen LogP contribution >= 0.6 is 27.3 Å². The predicted molar refractivity (Wildman–Crippen MR) is 224 cm³/mol. The number of likely N-dealkylation sites (tertiary alicyclic amines) is 1. The largest absolute Gasteiger partial charge is 0.508 e. The van der Waals surface area contributed by atoms with Crippen LogP contribution in [0.15, 0.2) is 89.4 Å². The number of fused-ring (bicyclic) bond motifs is 2. The van der Waals surface area contributed by atoms with Gasteiger partial charge in [-0.25, -0.2) is 0 Å². The summed E-state index contributed by atoms with van der Waals surface area (Å²) in [5, 5.41) is 13.4. The van der Waals surface area contributed by atoms with E-state index in [9.17, 15) is 19.5 Å². The topological polar surface area (TPSA) is 115 Å². The van der Waals surface area contributed by atoms with Crippen LogP contribution in [0.25, 0.3) is 20.5 Å². The van der Waals surface area contributed by atoms with E-state index in [0.717, 1.165) is 112 Å². The number of phenolic OH excluding ortho intramolecular Hbond substituents is 1. The lowest BCUT2D eigenvalue weighted by molar-refractivity contribution is -0.136. The molecule has 3 saturated heterocycles. The van der Waals surface area contributed by atoms with Gasteiger partial charge in [-0.1, -0.05) is 28.1 Å².